The highest BCUT2D eigenvalue weighted by atomic mass is 79.9. The van der Waals surface area contributed by atoms with Gasteiger partial charge in [0.15, 0.2) is 0 Å². The van der Waals surface area contributed by atoms with Crippen molar-refractivity contribution >= 4 is 33.4 Å². The zero-order valence-electron chi connectivity index (χ0n) is 10.8. The standard InChI is InChI=1S/C12H17BrN2O2S/c1-12(2,3)17-11(16)15-5-4-8(7-15)10-14-6-9(13)18-10/h6,8H,4-5,7H2,1-3H3. The Labute approximate surface area is 119 Å². The first kappa shape index (κ1) is 13.8. The predicted octanol–water partition coefficient (Wildman–Crippen LogP) is 3.63. The first-order valence-electron chi connectivity index (χ1n) is 5.94. The van der Waals surface area contributed by atoms with Gasteiger partial charge >= 0.3 is 6.09 Å². The largest absolute Gasteiger partial charge is 0.444 e. The van der Waals surface area contributed by atoms with Crippen LogP contribution in [0.15, 0.2) is 9.98 Å². The maximum atomic E-state index is 11.9. The number of carbonyl (C=O) groups is 1. The highest BCUT2D eigenvalue weighted by Gasteiger charge is 2.31. The average molecular weight is 333 g/mol. The third kappa shape index (κ3) is 3.45. The van der Waals surface area contributed by atoms with E-state index < -0.39 is 5.60 Å². The summed E-state index contributed by atoms with van der Waals surface area (Å²) in [6.07, 6.45) is 2.55. The SMILES string of the molecule is CC(C)(C)OC(=O)N1CCC(c2ncc(Br)s2)C1. The summed E-state index contributed by atoms with van der Waals surface area (Å²) in [7, 11) is 0. The Morgan fingerprint density at radius 2 is 2.33 bits per heavy atom. The van der Waals surface area contributed by atoms with Crippen molar-refractivity contribution in [3.8, 4) is 0 Å². The third-order valence-electron chi connectivity index (χ3n) is 2.68. The smallest absolute Gasteiger partial charge is 0.410 e. The van der Waals surface area contributed by atoms with Crippen LogP contribution in [0.1, 0.15) is 38.1 Å². The molecule has 0 aliphatic carbocycles. The molecule has 6 heteroatoms. The summed E-state index contributed by atoms with van der Waals surface area (Å²) in [5.41, 5.74) is -0.431. The van der Waals surface area contributed by atoms with Crippen LogP contribution in [0.25, 0.3) is 0 Å². The summed E-state index contributed by atoms with van der Waals surface area (Å²) < 4.78 is 6.41. The summed E-state index contributed by atoms with van der Waals surface area (Å²) in [5, 5.41) is 1.09. The Morgan fingerprint density at radius 3 is 2.89 bits per heavy atom. The van der Waals surface area contributed by atoms with Gasteiger partial charge in [0.25, 0.3) is 0 Å². The van der Waals surface area contributed by atoms with Crippen molar-refractivity contribution in [2.45, 2.75) is 38.7 Å². The van der Waals surface area contributed by atoms with Crippen molar-refractivity contribution < 1.29 is 9.53 Å². The molecule has 0 N–H and O–H groups in total. The van der Waals surface area contributed by atoms with Gasteiger partial charge in [-0.3, -0.25) is 0 Å². The highest BCUT2D eigenvalue weighted by molar-refractivity contribution is 9.11. The fraction of sp³-hybridized carbons (Fsp3) is 0.667. The molecule has 1 aromatic heterocycles. The molecule has 4 nitrogen and oxygen atoms in total. The Bertz CT molecular complexity index is 442. The fourth-order valence-electron chi connectivity index (χ4n) is 1.91. The highest BCUT2D eigenvalue weighted by Crippen LogP contribution is 2.32. The van der Waals surface area contributed by atoms with Gasteiger partial charge in [-0.15, -0.1) is 11.3 Å². The van der Waals surface area contributed by atoms with Crippen molar-refractivity contribution in [3.63, 3.8) is 0 Å². The molecule has 100 valence electrons. The summed E-state index contributed by atoms with van der Waals surface area (Å²) >= 11 is 5.05. The molecule has 0 aromatic carbocycles. The lowest BCUT2D eigenvalue weighted by Gasteiger charge is -2.24. The molecule has 0 saturated carbocycles. The second kappa shape index (κ2) is 5.17. The van der Waals surface area contributed by atoms with E-state index in [4.69, 9.17) is 4.74 Å². The van der Waals surface area contributed by atoms with Crippen LogP contribution in [-0.4, -0.2) is 34.7 Å². The minimum atomic E-state index is -0.431. The van der Waals surface area contributed by atoms with Gasteiger partial charge in [0.05, 0.1) is 15.0 Å². The number of rotatable bonds is 1. The van der Waals surface area contributed by atoms with Gasteiger partial charge in [0, 0.05) is 19.0 Å². The van der Waals surface area contributed by atoms with E-state index >= 15 is 0 Å². The van der Waals surface area contributed by atoms with Crippen LogP contribution < -0.4 is 0 Å². The van der Waals surface area contributed by atoms with Crippen molar-refractivity contribution in [1.29, 1.82) is 0 Å². The fourth-order valence-corrected chi connectivity index (χ4v) is 3.28. The zero-order chi connectivity index (χ0) is 13.3. The lowest BCUT2D eigenvalue weighted by Crippen LogP contribution is -2.35. The molecule has 1 amide bonds. The summed E-state index contributed by atoms with van der Waals surface area (Å²) in [5.74, 6) is 0.341. The van der Waals surface area contributed by atoms with E-state index in [1.807, 2.05) is 27.0 Å². The lowest BCUT2D eigenvalue weighted by atomic mass is 10.1. The van der Waals surface area contributed by atoms with Crippen molar-refractivity contribution in [1.82, 2.24) is 9.88 Å². The number of likely N-dealkylation sites (tertiary alicyclic amines) is 1. The van der Waals surface area contributed by atoms with Crippen LogP contribution in [0.5, 0.6) is 0 Å². The molecule has 18 heavy (non-hydrogen) atoms. The monoisotopic (exact) mass is 332 g/mol. The zero-order valence-corrected chi connectivity index (χ0v) is 13.2. The minimum Gasteiger partial charge on any atom is -0.444 e. The van der Waals surface area contributed by atoms with Crippen LogP contribution in [0.3, 0.4) is 0 Å². The average Bonchev–Trinajstić information content (AvgIpc) is 2.82. The van der Waals surface area contributed by atoms with Crippen LogP contribution >= 0.6 is 27.3 Å². The molecule has 1 aromatic rings. The number of amides is 1. The molecule has 0 spiro atoms. The maximum absolute atomic E-state index is 11.9. The van der Waals surface area contributed by atoms with E-state index in [1.165, 1.54) is 0 Å². The molecular weight excluding hydrogens is 316 g/mol. The third-order valence-corrected chi connectivity index (χ3v) is 4.32. The molecule has 0 bridgehead atoms. The van der Waals surface area contributed by atoms with Gasteiger partial charge in [-0.05, 0) is 43.1 Å². The Kier molecular flexibility index (Phi) is 3.96. The number of aromatic nitrogens is 1. The number of hydrogen-bond acceptors (Lipinski definition) is 4. The van der Waals surface area contributed by atoms with Crippen molar-refractivity contribution in [3.05, 3.63) is 15.0 Å². The predicted molar refractivity (Wildman–Crippen MR) is 75.0 cm³/mol. The van der Waals surface area contributed by atoms with Crippen LogP contribution in [0.2, 0.25) is 0 Å². The number of nitrogens with zero attached hydrogens (tertiary/aromatic N) is 2. The van der Waals surface area contributed by atoms with E-state index in [9.17, 15) is 4.79 Å². The molecule has 1 fully saturated rings. The van der Waals surface area contributed by atoms with E-state index in [2.05, 4.69) is 20.9 Å². The second-order valence-electron chi connectivity index (χ2n) is 5.41. The first-order valence-corrected chi connectivity index (χ1v) is 7.55. The van der Waals surface area contributed by atoms with E-state index in [-0.39, 0.29) is 6.09 Å². The van der Waals surface area contributed by atoms with Crippen molar-refractivity contribution in [2.75, 3.05) is 13.1 Å². The summed E-state index contributed by atoms with van der Waals surface area (Å²) in [6, 6.07) is 0. The Balaban J connectivity index is 1.94. The van der Waals surface area contributed by atoms with Crippen LogP contribution in [-0.2, 0) is 4.74 Å². The topological polar surface area (TPSA) is 42.4 Å². The number of thiazole rings is 1. The molecular formula is C12H17BrN2O2S. The second-order valence-corrected chi connectivity index (χ2v) is 7.86. The Morgan fingerprint density at radius 1 is 1.61 bits per heavy atom. The molecule has 0 radical (unpaired) electrons. The van der Waals surface area contributed by atoms with E-state index in [0.29, 0.717) is 12.5 Å². The number of carbonyl (C=O) groups excluding carboxylic acids is 1. The van der Waals surface area contributed by atoms with Gasteiger partial charge in [-0.2, -0.15) is 0 Å². The number of hydrogen-bond donors (Lipinski definition) is 0. The normalized spacial score (nSPS) is 20.2. The van der Waals surface area contributed by atoms with Crippen LogP contribution in [0.4, 0.5) is 4.79 Å². The van der Waals surface area contributed by atoms with E-state index in [1.54, 1.807) is 16.2 Å². The minimum absolute atomic E-state index is 0.222. The van der Waals surface area contributed by atoms with Gasteiger partial charge in [-0.1, -0.05) is 0 Å². The maximum Gasteiger partial charge on any atom is 0.410 e. The molecule has 1 aliphatic heterocycles. The van der Waals surface area contributed by atoms with Crippen molar-refractivity contribution in [2.24, 2.45) is 0 Å². The number of ether oxygens (including phenoxy) is 1. The van der Waals surface area contributed by atoms with Gasteiger partial charge < -0.3 is 9.64 Å². The molecule has 2 heterocycles. The van der Waals surface area contributed by atoms with Gasteiger partial charge in [0.1, 0.15) is 5.60 Å². The Hall–Kier alpha value is -0.620. The van der Waals surface area contributed by atoms with Crippen LogP contribution in [0, 0.1) is 0 Å². The number of halogens is 1. The van der Waals surface area contributed by atoms with Gasteiger partial charge in [-0.25, -0.2) is 9.78 Å². The molecule has 1 aliphatic rings. The molecule has 1 atom stereocenters. The molecule has 2 rings (SSSR count). The lowest BCUT2D eigenvalue weighted by molar-refractivity contribution is 0.0292. The summed E-state index contributed by atoms with van der Waals surface area (Å²) in [6.45, 7) is 7.11. The quantitative estimate of drug-likeness (QED) is 0.788. The van der Waals surface area contributed by atoms with Gasteiger partial charge in [0.2, 0.25) is 0 Å². The molecule has 1 unspecified atom stereocenters. The first-order chi connectivity index (χ1) is 8.35. The van der Waals surface area contributed by atoms with E-state index in [0.717, 1.165) is 21.8 Å². The molecule has 1 saturated heterocycles. The summed E-state index contributed by atoms with van der Waals surface area (Å²) in [4.78, 5) is 18.0.